The van der Waals surface area contributed by atoms with Crippen LogP contribution in [0.1, 0.15) is 16.7 Å². The van der Waals surface area contributed by atoms with Gasteiger partial charge in [-0.1, -0.05) is 17.7 Å². The predicted octanol–water partition coefficient (Wildman–Crippen LogP) is 2.82. The quantitative estimate of drug-likeness (QED) is 0.873. The van der Waals surface area contributed by atoms with Crippen LogP contribution in [0.4, 0.5) is 4.39 Å². The van der Waals surface area contributed by atoms with Crippen LogP contribution in [-0.4, -0.2) is 4.98 Å². The van der Waals surface area contributed by atoms with Crippen molar-refractivity contribution in [1.29, 1.82) is 0 Å². The predicted molar refractivity (Wildman–Crippen MR) is 65.9 cm³/mol. The minimum absolute atomic E-state index is 0.155. The van der Waals surface area contributed by atoms with Gasteiger partial charge in [0, 0.05) is 31.0 Å². The minimum Gasteiger partial charge on any atom is -0.309 e. The number of nitrogens with one attached hydrogen (secondary N) is 1. The molecule has 0 fully saturated rings. The summed E-state index contributed by atoms with van der Waals surface area (Å²) in [5, 5.41) is 3.22. The molecule has 0 aliphatic rings. The zero-order valence-corrected chi connectivity index (χ0v) is 9.78. The van der Waals surface area contributed by atoms with Crippen LogP contribution in [0.3, 0.4) is 0 Å². The highest BCUT2D eigenvalue weighted by molar-refractivity contribution is 5.24. The minimum atomic E-state index is -0.155. The number of aromatic nitrogens is 1. The first-order chi connectivity index (χ1) is 8.25. The van der Waals surface area contributed by atoms with Gasteiger partial charge in [0.2, 0.25) is 0 Å². The van der Waals surface area contributed by atoms with E-state index in [1.54, 1.807) is 18.5 Å². The van der Waals surface area contributed by atoms with E-state index in [0.29, 0.717) is 12.1 Å². The average Bonchev–Trinajstić information content (AvgIpc) is 2.35. The lowest BCUT2D eigenvalue weighted by Gasteiger charge is -2.07. The first-order valence-corrected chi connectivity index (χ1v) is 5.60. The maximum Gasteiger partial charge on any atom is 0.127 e. The summed E-state index contributed by atoms with van der Waals surface area (Å²) < 4.78 is 13.4. The van der Waals surface area contributed by atoms with Crippen molar-refractivity contribution in [1.82, 2.24) is 10.3 Å². The molecule has 0 spiro atoms. The normalized spacial score (nSPS) is 10.5. The molecule has 1 N–H and O–H groups in total. The maximum absolute atomic E-state index is 13.4. The molecule has 88 valence electrons. The molecule has 17 heavy (non-hydrogen) atoms. The fourth-order valence-electron chi connectivity index (χ4n) is 1.68. The second-order valence-electron chi connectivity index (χ2n) is 4.05. The number of rotatable bonds is 4. The van der Waals surface area contributed by atoms with E-state index in [-0.39, 0.29) is 5.82 Å². The molecule has 0 bridgehead atoms. The van der Waals surface area contributed by atoms with E-state index in [9.17, 15) is 4.39 Å². The van der Waals surface area contributed by atoms with Crippen molar-refractivity contribution in [2.24, 2.45) is 0 Å². The van der Waals surface area contributed by atoms with Crippen LogP contribution in [0, 0.1) is 12.7 Å². The standard InChI is InChI=1S/C14H15FN2/c1-11-2-3-14(15)13(8-11)10-17-9-12-4-6-16-7-5-12/h2-8,17H,9-10H2,1H3. The maximum atomic E-state index is 13.4. The molecule has 0 aliphatic heterocycles. The third-order valence-corrected chi connectivity index (χ3v) is 2.60. The molecule has 0 atom stereocenters. The molecule has 0 saturated carbocycles. The van der Waals surface area contributed by atoms with Crippen molar-refractivity contribution in [2.75, 3.05) is 0 Å². The van der Waals surface area contributed by atoms with E-state index in [1.807, 2.05) is 25.1 Å². The van der Waals surface area contributed by atoms with Gasteiger partial charge in [-0.15, -0.1) is 0 Å². The van der Waals surface area contributed by atoms with E-state index in [0.717, 1.165) is 17.7 Å². The molecular weight excluding hydrogens is 215 g/mol. The monoisotopic (exact) mass is 230 g/mol. The van der Waals surface area contributed by atoms with Gasteiger partial charge >= 0.3 is 0 Å². The Morgan fingerprint density at radius 3 is 2.65 bits per heavy atom. The molecule has 0 saturated heterocycles. The summed E-state index contributed by atoms with van der Waals surface area (Å²) in [5.74, 6) is -0.155. The Balaban J connectivity index is 1.92. The molecule has 2 nitrogen and oxygen atoms in total. The van der Waals surface area contributed by atoms with Crippen LogP contribution in [-0.2, 0) is 13.1 Å². The summed E-state index contributed by atoms with van der Waals surface area (Å²) in [6.07, 6.45) is 3.51. The summed E-state index contributed by atoms with van der Waals surface area (Å²) >= 11 is 0. The number of halogens is 1. The summed E-state index contributed by atoms with van der Waals surface area (Å²) in [7, 11) is 0. The summed E-state index contributed by atoms with van der Waals surface area (Å²) in [6, 6.07) is 9.05. The zero-order valence-electron chi connectivity index (χ0n) is 9.78. The van der Waals surface area contributed by atoms with Crippen molar-refractivity contribution in [3.05, 3.63) is 65.2 Å². The largest absolute Gasteiger partial charge is 0.309 e. The van der Waals surface area contributed by atoms with Crippen molar-refractivity contribution < 1.29 is 4.39 Å². The highest BCUT2D eigenvalue weighted by atomic mass is 19.1. The molecular formula is C14H15FN2. The highest BCUT2D eigenvalue weighted by Gasteiger charge is 2.01. The van der Waals surface area contributed by atoms with E-state index in [2.05, 4.69) is 10.3 Å². The van der Waals surface area contributed by atoms with Gasteiger partial charge in [-0.25, -0.2) is 4.39 Å². The van der Waals surface area contributed by atoms with Gasteiger partial charge in [-0.2, -0.15) is 0 Å². The lowest BCUT2D eigenvalue weighted by Crippen LogP contribution is -2.13. The Labute approximate surface area is 101 Å². The van der Waals surface area contributed by atoms with Gasteiger partial charge in [0.25, 0.3) is 0 Å². The van der Waals surface area contributed by atoms with E-state index in [1.165, 1.54) is 6.07 Å². The second-order valence-corrected chi connectivity index (χ2v) is 4.05. The molecule has 2 aromatic rings. The fourth-order valence-corrected chi connectivity index (χ4v) is 1.68. The number of benzene rings is 1. The Morgan fingerprint density at radius 1 is 1.12 bits per heavy atom. The van der Waals surface area contributed by atoms with Gasteiger partial charge in [0.15, 0.2) is 0 Å². The number of aryl methyl sites for hydroxylation is 1. The summed E-state index contributed by atoms with van der Waals surface area (Å²) in [5.41, 5.74) is 2.93. The Bertz CT molecular complexity index is 483. The topological polar surface area (TPSA) is 24.9 Å². The molecule has 3 heteroatoms. The van der Waals surface area contributed by atoms with Gasteiger partial charge < -0.3 is 5.32 Å². The summed E-state index contributed by atoms with van der Waals surface area (Å²) in [4.78, 5) is 3.95. The Kier molecular flexibility index (Phi) is 3.83. The van der Waals surface area contributed by atoms with E-state index >= 15 is 0 Å². The van der Waals surface area contributed by atoms with Crippen molar-refractivity contribution in [2.45, 2.75) is 20.0 Å². The zero-order chi connectivity index (χ0) is 12.1. The molecule has 0 amide bonds. The molecule has 0 aliphatic carbocycles. The average molecular weight is 230 g/mol. The lowest BCUT2D eigenvalue weighted by atomic mass is 10.1. The van der Waals surface area contributed by atoms with Crippen LogP contribution >= 0.6 is 0 Å². The molecule has 1 aromatic heterocycles. The van der Waals surface area contributed by atoms with E-state index in [4.69, 9.17) is 0 Å². The fraction of sp³-hybridized carbons (Fsp3) is 0.214. The van der Waals surface area contributed by atoms with Crippen LogP contribution in [0.2, 0.25) is 0 Å². The Morgan fingerprint density at radius 2 is 1.88 bits per heavy atom. The number of pyridine rings is 1. The third-order valence-electron chi connectivity index (χ3n) is 2.60. The molecule has 1 aromatic carbocycles. The highest BCUT2D eigenvalue weighted by Crippen LogP contribution is 2.09. The van der Waals surface area contributed by atoms with Crippen molar-refractivity contribution >= 4 is 0 Å². The van der Waals surface area contributed by atoms with Crippen LogP contribution < -0.4 is 5.32 Å². The number of hydrogen-bond donors (Lipinski definition) is 1. The van der Waals surface area contributed by atoms with Gasteiger partial charge in [0.05, 0.1) is 0 Å². The first kappa shape index (κ1) is 11.7. The molecule has 0 unspecified atom stereocenters. The molecule has 1 heterocycles. The van der Waals surface area contributed by atoms with Crippen LogP contribution in [0.25, 0.3) is 0 Å². The molecule has 2 rings (SSSR count). The second kappa shape index (κ2) is 5.55. The van der Waals surface area contributed by atoms with Gasteiger partial charge in [-0.3, -0.25) is 4.98 Å². The smallest absolute Gasteiger partial charge is 0.127 e. The van der Waals surface area contributed by atoms with Crippen molar-refractivity contribution in [3.63, 3.8) is 0 Å². The van der Waals surface area contributed by atoms with Crippen LogP contribution in [0.5, 0.6) is 0 Å². The lowest BCUT2D eigenvalue weighted by molar-refractivity contribution is 0.587. The number of nitrogens with zero attached hydrogens (tertiary/aromatic N) is 1. The van der Waals surface area contributed by atoms with Gasteiger partial charge in [0.1, 0.15) is 5.82 Å². The van der Waals surface area contributed by atoms with Gasteiger partial charge in [-0.05, 0) is 30.7 Å². The third kappa shape index (κ3) is 3.36. The van der Waals surface area contributed by atoms with E-state index < -0.39 is 0 Å². The first-order valence-electron chi connectivity index (χ1n) is 5.60. The SMILES string of the molecule is Cc1ccc(F)c(CNCc2ccncc2)c1. The van der Waals surface area contributed by atoms with Crippen LogP contribution in [0.15, 0.2) is 42.7 Å². The van der Waals surface area contributed by atoms with Crippen molar-refractivity contribution in [3.8, 4) is 0 Å². The number of hydrogen-bond acceptors (Lipinski definition) is 2. The Hall–Kier alpha value is -1.74. The molecule has 0 radical (unpaired) electrons. The summed E-state index contributed by atoms with van der Waals surface area (Å²) in [6.45, 7) is 3.22.